The monoisotopic (exact) mass is 352 g/mol. The molecule has 0 spiro atoms. The summed E-state index contributed by atoms with van der Waals surface area (Å²) in [7, 11) is 0. The summed E-state index contributed by atoms with van der Waals surface area (Å²) in [6.45, 7) is 2.89. The number of nitrogens with one attached hydrogen (secondary N) is 1. The first-order chi connectivity index (χ1) is 10.2. The molecule has 1 aliphatic rings. The molecule has 8 heteroatoms. The molecule has 0 saturated carbocycles. The van der Waals surface area contributed by atoms with Gasteiger partial charge in [-0.05, 0) is 28.1 Å². The lowest BCUT2D eigenvalue weighted by atomic mass is 10.4. The molecule has 0 unspecified atom stereocenters. The molecule has 21 heavy (non-hydrogen) atoms. The van der Waals surface area contributed by atoms with Crippen LogP contribution < -0.4 is 10.2 Å². The van der Waals surface area contributed by atoms with E-state index in [0.717, 1.165) is 18.9 Å². The van der Waals surface area contributed by atoms with Crippen molar-refractivity contribution in [2.45, 2.75) is 0 Å². The van der Waals surface area contributed by atoms with E-state index < -0.39 is 0 Å². The quantitative estimate of drug-likeness (QED) is 0.908. The van der Waals surface area contributed by atoms with E-state index in [-0.39, 0.29) is 11.7 Å². The van der Waals surface area contributed by atoms with Crippen LogP contribution in [0.2, 0.25) is 0 Å². The van der Waals surface area contributed by atoms with Crippen molar-refractivity contribution < 1.29 is 13.9 Å². The van der Waals surface area contributed by atoms with Gasteiger partial charge in [-0.1, -0.05) is 0 Å². The number of carbonyl (C=O) groups excluding carboxylic acids is 1. The summed E-state index contributed by atoms with van der Waals surface area (Å²) in [5.41, 5.74) is 0. The Balaban J connectivity index is 1.72. The number of carbonyl (C=O) groups is 1. The van der Waals surface area contributed by atoms with E-state index >= 15 is 0 Å². The molecule has 0 atom stereocenters. The lowest BCUT2D eigenvalue weighted by Crippen LogP contribution is -2.36. The van der Waals surface area contributed by atoms with Gasteiger partial charge in [-0.15, -0.1) is 0 Å². The largest absolute Gasteiger partial charge is 0.444 e. The van der Waals surface area contributed by atoms with Crippen molar-refractivity contribution in [1.29, 1.82) is 0 Å². The third-order valence-electron chi connectivity index (χ3n) is 3.03. The van der Waals surface area contributed by atoms with Crippen molar-refractivity contribution >= 4 is 33.5 Å². The summed E-state index contributed by atoms with van der Waals surface area (Å²) in [5.74, 6) is 1.06. The highest BCUT2D eigenvalue weighted by Gasteiger charge is 2.15. The maximum Gasteiger partial charge on any atom is 0.292 e. The standard InChI is InChI=1S/C13H13BrN4O3/c14-10-2-1-9(21-10)13(19)17-11-7-12(16-8-15-11)18-3-5-20-6-4-18/h1-2,7-8H,3-6H2,(H,15,16,17,19). The first kappa shape index (κ1) is 14.0. The highest BCUT2D eigenvalue weighted by molar-refractivity contribution is 9.10. The zero-order valence-electron chi connectivity index (χ0n) is 11.1. The Morgan fingerprint density at radius 2 is 2.10 bits per heavy atom. The van der Waals surface area contributed by atoms with Gasteiger partial charge in [0.05, 0.1) is 13.2 Å². The van der Waals surface area contributed by atoms with Crippen molar-refractivity contribution in [3.63, 3.8) is 0 Å². The number of amides is 1. The molecule has 1 aliphatic heterocycles. The van der Waals surface area contributed by atoms with Crippen LogP contribution in [0.5, 0.6) is 0 Å². The Morgan fingerprint density at radius 3 is 2.81 bits per heavy atom. The van der Waals surface area contributed by atoms with Crippen LogP contribution in [-0.4, -0.2) is 42.2 Å². The Bertz CT molecular complexity index is 640. The van der Waals surface area contributed by atoms with Gasteiger partial charge in [0.1, 0.15) is 18.0 Å². The smallest absolute Gasteiger partial charge is 0.292 e. The molecule has 110 valence electrons. The molecule has 1 amide bonds. The summed E-state index contributed by atoms with van der Waals surface area (Å²) < 4.78 is 11.0. The highest BCUT2D eigenvalue weighted by Crippen LogP contribution is 2.18. The maximum atomic E-state index is 12.0. The molecule has 2 aromatic rings. The fraction of sp³-hybridized carbons (Fsp3) is 0.308. The van der Waals surface area contributed by atoms with Crippen molar-refractivity contribution in [1.82, 2.24) is 9.97 Å². The lowest BCUT2D eigenvalue weighted by molar-refractivity contribution is 0.0995. The summed E-state index contributed by atoms with van der Waals surface area (Å²) >= 11 is 3.16. The van der Waals surface area contributed by atoms with Gasteiger partial charge in [0, 0.05) is 19.2 Å². The van der Waals surface area contributed by atoms with E-state index in [1.54, 1.807) is 18.2 Å². The third-order valence-corrected chi connectivity index (χ3v) is 3.45. The lowest BCUT2D eigenvalue weighted by Gasteiger charge is -2.27. The molecule has 3 rings (SSSR count). The minimum atomic E-state index is -0.354. The predicted octanol–water partition coefficient (Wildman–Crippen LogP) is 1.92. The Morgan fingerprint density at radius 1 is 1.29 bits per heavy atom. The van der Waals surface area contributed by atoms with E-state index in [2.05, 4.69) is 36.1 Å². The average molecular weight is 353 g/mol. The topological polar surface area (TPSA) is 80.5 Å². The fourth-order valence-corrected chi connectivity index (χ4v) is 2.30. The van der Waals surface area contributed by atoms with Gasteiger partial charge in [-0.25, -0.2) is 9.97 Å². The fourth-order valence-electron chi connectivity index (χ4n) is 2.00. The molecule has 0 radical (unpaired) electrons. The molecule has 1 N–H and O–H groups in total. The van der Waals surface area contributed by atoms with Crippen LogP contribution >= 0.6 is 15.9 Å². The van der Waals surface area contributed by atoms with E-state index in [1.165, 1.54) is 6.33 Å². The molecule has 0 bridgehead atoms. The van der Waals surface area contributed by atoms with Crippen LogP contribution in [0, 0.1) is 0 Å². The number of aromatic nitrogens is 2. The SMILES string of the molecule is O=C(Nc1cc(N2CCOCC2)ncn1)c1ccc(Br)o1. The first-order valence-corrected chi connectivity index (χ1v) is 7.23. The van der Waals surface area contributed by atoms with Crippen LogP contribution in [0.3, 0.4) is 0 Å². The number of ether oxygens (including phenoxy) is 1. The van der Waals surface area contributed by atoms with E-state index in [4.69, 9.17) is 9.15 Å². The first-order valence-electron chi connectivity index (χ1n) is 6.44. The Kier molecular flexibility index (Phi) is 4.16. The molecule has 3 heterocycles. The molecule has 0 aromatic carbocycles. The number of nitrogens with zero attached hydrogens (tertiary/aromatic N) is 3. The van der Waals surface area contributed by atoms with Gasteiger partial charge in [0.15, 0.2) is 10.4 Å². The van der Waals surface area contributed by atoms with Gasteiger partial charge in [-0.3, -0.25) is 4.79 Å². The molecule has 7 nitrogen and oxygen atoms in total. The molecule has 0 aliphatic carbocycles. The molecule has 1 fully saturated rings. The normalized spacial score (nSPS) is 15.0. The second kappa shape index (κ2) is 6.23. The zero-order chi connectivity index (χ0) is 14.7. The van der Waals surface area contributed by atoms with E-state index in [9.17, 15) is 4.79 Å². The van der Waals surface area contributed by atoms with E-state index in [0.29, 0.717) is 23.7 Å². The summed E-state index contributed by atoms with van der Waals surface area (Å²) in [6.07, 6.45) is 1.43. The molecule has 2 aromatic heterocycles. The number of rotatable bonds is 3. The molecular weight excluding hydrogens is 340 g/mol. The van der Waals surface area contributed by atoms with Crippen molar-refractivity contribution in [3.8, 4) is 0 Å². The van der Waals surface area contributed by atoms with Crippen LogP contribution in [-0.2, 0) is 4.74 Å². The molecular formula is C13H13BrN4O3. The maximum absolute atomic E-state index is 12.0. The van der Waals surface area contributed by atoms with E-state index in [1.807, 2.05) is 0 Å². The third kappa shape index (κ3) is 3.40. The second-order valence-corrected chi connectivity index (χ2v) is 5.20. The summed E-state index contributed by atoms with van der Waals surface area (Å²) in [5, 5.41) is 2.69. The van der Waals surface area contributed by atoms with Gasteiger partial charge in [-0.2, -0.15) is 0 Å². The Labute approximate surface area is 129 Å². The molecule has 1 saturated heterocycles. The van der Waals surface area contributed by atoms with Crippen molar-refractivity contribution in [2.75, 3.05) is 36.5 Å². The van der Waals surface area contributed by atoms with Crippen molar-refractivity contribution in [2.24, 2.45) is 0 Å². The number of hydrogen-bond acceptors (Lipinski definition) is 6. The second-order valence-electron chi connectivity index (χ2n) is 4.42. The van der Waals surface area contributed by atoms with Crippen LogP contribution in [0.1, 0.15) is 10.6 Å². The van der Waals surface area contributed by atoms with Gasteiger partial charge in [0.2, 0.25) is 0 Å². The Hall–Kier alpha value is -1.93. The van der Waals surface area contributed by atoms with Gasteiger partial charge >= 0.3 is 0 Å². The minimum absolute atomic E-state index is 0.216. The number of morpholine rings is 1. The summed E-state index contributed by atoms with van der Waals surface area (Å²) in [4.78, 5) is 22.4. The highest BCUT2D eigenvalue weighted by atomic mass is 79.9. The van der Waals surface area contributed by atoms with Gasteiger partial charge in [0.25, 0.3) is 5.91 Å². The average Bonchev–Trinajstić information content (AvgIpc) is 2.95. The van der Waals surface area contributed by atoms with Crippen LogP contribution in [0.15, 0.2) is 33.6 Å². The van der Waals surface area contributed by atoms with Crippen molar-refractivity contribution in [3.05, 3.63) is 35.0 Å². The zero-order valence-corrected chi connectivity index (χ0v) is 12.7. The van der Waals surface area contributed by atoms with Crippen LogP contribution in [0.25, 0.3) is 0 Å². The number of anilines is 2. The van der Waals surface area contributed by atoms with Gasteiger partial charge < -0.3 is 19.4 Å². The predicted molar refractivity (Wildman–Crippen MR) is 79.4 cm³/mol. The minimum Gasteiger partial charge on any atom is -0.444 e. The summed E-state index contributed by atoms with van der Waals surface area (Å²) in [6, 6.07) is 4.98. The number of hydrogen-bond donors (Lipinski definition) is 1. The van der Waals surface area contributed by atoms with Crippen LogP contribution in [0.4, 0.5) is 11.6 Å². The number of furan rings is 1. The number of halogens is 1.